The van der Waals surface area contributed by atoms with E-state index in [0.29, 0.717) is 22.6 Å². The van der Waals surface area contributed by atoms with Gasteiger partial charge in [0.05, 0.1) is 11.3 Å². The van der Waals surface area contributed by atoms with Crippen LogP contribution in [-0.2, 0) is 4.79 Å². The smallest absolute Gasteiger partial charge is 0.262 e. The summed E-state index contributed by atoms with van der Waals surface area (Å²) in [6, 6.07) is 12.9. The highest BCUT2D eigenvalue weighted by Crippen LogP contribution is 2.16. The Bertz CT molecular complexity index is 708. The van der Waals surface area contributed by atoms with Crippen molar-refractivity contribution in [1.82, 2.24) is 0 Å². The first-order valence-electron chi connectivity index (χ1n) is 6.28. The largest absolute Gasteiger partial charge is 0.484 e. The molecule has 2 aromatic carbocycles. The van der Waals surface area contributed by atoms with Gasteiger partial charge in [0.1, 0.15) is 17.6 Å². The Hall–Kier alpha value is -2.87. The van der Waals surface area contributed by atoms with Gasteiger partial charge in [-0.2, -0.15) is 5.26 Å². The predicted molar refractivity (Wildman–Crippen MR) is 76.4 cm³/mol. The minimum Gasteiger partial charge on any atom is -0.484 e. The molecule has 2 rings (SSSR count). The summed E-state index contributed by atoms with van der Waals surface area (Å²) in [5, 5.41) is 11.5. The van der Waals surface area contributed by atoms with Crippen LogP contribution in [0.4, 0.5) is 10.1 Å². The molecule has 0 aliphatic carbocycles. The fourth-order valence-corrected chi connectivity index (χ4v) is 1.73. The van der Waals surface area contributed by atoms with Gasteiger partial charge in [-0.25, -0.2) is 4.39 Å². The van der Waals surface area contributed by atoms with E-state index in [9.17, 15) is 9.18 Å². The molecular formula is C16H13FN2O2. The maximum Gasteiger partial charge on any atom is 0.262 e. The normalized spacial score (nSPS) is 9.76. The number of rotatable bonds is 4. The maximum absolute atomic E-state index is 13.1. The summed E-state index contributed by atoms with van der Waals surface area (Å²) in [6.45, 7) is 1.40. The van der Waals surface area contributed by atoms with Crippen LogP contribution in [0.25, 0.3) is 0 Å². The lowest BCUT2D eigenvalue weighted by molar-refractivity contribution is -0.118. The van der Waals surface area contributed by atoms with E-state index < -0.39 is 0 Å². The first-order chi connectivity index (χ1) is 10.1. The van der Waals surface area contributed by atoms with Crippen molar-refractivity contribution >= 4 is 11.6 Å². The van der Waals surface area contributed by atoms with Crippen LogP contribution in [0.5, 0.6) is 5.75 Å². The third kappa shape index (κ3) is 3.80. The summed E-state index contributed by atoms with van der Waals surface area (Å²) in [4.78, 5) is 11.8. The summed E-state index contributed by atoms with van der Waals surface area (Å²) in [5.41, 5.74) is 1.26. The topological polar surface area (TPSA) is 62.1 Å². The van der Waals surface area contributed by atoms with E-state index in [0.717, 1.165) is 0 Å². The molecule has 21 heavy (non-hydrogen) atoms. The second kappa shape index (κ2) is 6.53. The number of anilines is 1. The van der Waals surface area contributed by atoms with Crippen LogP contribution in [0.1, 0.15) is 11.1 Å². The van der Waals surface area contributed by atoms with Gasteiger partial charge in [0.2, 0.25) is 0 Å². The van der Waals surface area contributed by atoms with Crippen LogP contribution in [0, 0.1) is 24.1 Å². The number of benzene rings is 2. The Morgan fingerprint density at radius 2 is 2.10 bits per heavy atom. The van der Waals surface area contributed by atoms with Gasteiger partial charge >= 0.3 is 0 Å². The molecule has 0 spiro atoms. The molecule has 2 aromatic rings. The predicted octanol–water partition coefficient (Wildman–Crippen LogP) is 3.02. The zero-order chi connectivity index (χ0) is 15.2. The van der Waals surface area contributed by atoms with Gasteiger partial charge in [-0.1, -0.05) is 12.1 Å². The molecule has 0 saturated carbocycles. The fourth-order valence-electron chi connectivity index (χ4n) is 1.73. The summed E-state index contributed by atoms with van der Waals surface area (Å²) in [7, 11) is 0. The highest BCUT2D eigenvalue weighted by molar-refractivity contribution is 5.93. The molecule has 0 atom stereocenters. The van der Waals surface area contributed by atoms with E-state index in [-0.39, 0.29) is 18.3 Å². The molecule has 0 unspecified atom stereocenters. The summed E-state index contributed by atoms with van der Waals surface area (Å²) in [5.74, 6) is -0.299. The van der Waals surface area contributed by atoms with Crippen LogP contribution in [0.15, 0.2) is 42.5 Å². The number of aryl methyl sites for hydroxylation is 1. The van der Waals surface area contributed by atoms with Gasteiger partial charge in [0, 0.05) is 0 Å². The van der Waals surface area contributed by atoms with Gasteiger partial charge in [0.25, 0.3) is 5.91 Å². The molecule has 0 aromatic heterocycles. The van der Waals surface area contributed by atoms with E-state index in [1.165, 1.54) is 18.2 Å². The molecule has 0 radical (unpaired) electrons. The standard InChI is InChI=1S/C16H13FN2O2/c1-11-8-13(6-7-14(11)17)21-10-16(20)19-15-5-3-2-4-12(15)9-18/h2-8H,10H2,1H3,(H,19,20). The number of nitrogens with one attached hydrogen (secondary N) is 1. The average Bonchev–Trinajstić information content (AvgIpc) is 2.49. The summed E-state index contributed by atoms with van der Waals surface area (Å²) >= 11 is 0. The van der Waals surface area contributed by atoms with Gasteiger partial charge in [-0.3, -0.25) is 4.79 Å². The van der Waals surface area contributed by atoms with Crippen molar-refractivity contribution in [2.75, 3.05) is 11.9 Å². The number of carbonyl (C=O) groups is 1. The molecule has 0 aliphatic heterocycles. The average molecular weight is 284 g/mol. The highest BCUT2D eigenvalue weighted by Gasteiger charge is 2.07. The SMILES string of the molecule is Cc1cc(OCC(=O)Nc2ccccc2C#N)ccc1F. The van der Waals surface area contributed by atoms with E-state index in [2.05, 4.69) is 5.32 Å². The van der Waals surface area contributed by atoms with Gasteiger partial charge < -0.3 is 10.1 Å². The van der Waals surface area contributed by atoms with Crippen molar-refractivity contribution in [2.45, 2.75) is 6.92 Å². The Balaban J connectivity index is 1.96. The van der Waals surface area contributed by atoms with E-state index >= 15 is 0 Å². The Morgan fingerprint density at radius 3 is 2.81 bits per heavy atom. The van der Waals surface area contributed by atoms with E-state index in [1.807, 2.05) is 6.07 Å². The van der Waals surface area contributed by atoms with Crippen molar-refractivity contribution in [1.29, 1.82) is 5.26 Å². The number of hydrogen-bond acceptors (Lipinski definition) is 3. The van der Waals surface area contributed by atoms with E-state index in [1.54, 1.807) is 31.2 Å². The molecule has 1 N–H and O–H groups in total. The number of carbonyl (C=O) groups excluding carboxylic acids is 1. The molecular weight excluding hydrogens is 271 g/mol. The van der Waals surface area contributed by atoms with Crippen LogP contribution in [0.3, 0.4) is 0 Å². The van der Waals surface area contributed by atoms with Crippen molar-refractivity contribution in [3.8, 4) is 11.8 Å². The number of nitriles is 1. The number of para-hydroxylation sites is 1. The van der Waals surface area contributed by atoms with Crippen molar-refractivity contribution in [3.63, 3.8) is 0 Å². The zero-order valence-electron chi connectivity index (χ0n) is 11.4. The third-order valence-electron chi connectivity index (χ3n) is 2.82. The number of amides is 1. The first kappa shape index (κ1) is 14.5. The lowest BCUT2D eigenvalue weighted by atomic mass is 10.2. The number of hydrogen-bond donors (Lipinski definition) is 1. The second-order valence-corrected chi connectivity index (χ2v) is 4.41. The molecule has 4 nitrogen and oxygen atoms in total. The maximum atomic E-state index is 13.1. The molecule has 0 bridgehead atoms. The van der Waals surface area contributed by atoms with Crippen LogP contribution in [0.2, 0.25) is 0 Å². The Morgan fingerprint density at radius 1 is 1.33 bits per heavy atom. The van der Waals surface area contributed by atoms with Gasteiger partial charge in [-0.15, -0.1) is 0 Å². The molecule has 0 aliphatic rings. The monoisotopic (exact) mass is 284 g/mol. The lowest BCUT2D eigenvalue weighted by Gasteiger charge is -2.09. The Kier molecular flexibility index (Phi) is 4.52. The van der Waals surface area contributed by atoms with Crippen molar-refractivity contribution in [3.05, 3.63) is 59.4 Å². The quantitative estimate of drug-likeness (QED) is 0.938. The van der Waals surface area contributed by atoms with Crippen molar-refractivity contribution < 1.29 is 13.9 Å². The molecule has 0 saturated heterocycles. The summed E-state index contributed by atoms with van der Waals surface area (Å²) < 4.78 is 18.4. The molecule has 1 amide bonds. The van der Waals surface area contributed by atoms with Crippen molar-refractivity contribution in [2.24, 2.45) is 0 Å². The van der Waals surface area contributed by atoms with Gasteiger partial charge in [-0.05, 0) is 42.8 Å². The highest BCUT2D eigenvalue weighted by atomic mass is 19.1. The van der Waals surface area contributed by atoms with Crippen LogP contribution in [-0.4, -0.2) is 12.5 Å². The van der Waals surface area contributed by atoms with Crippen LogP contribution >= 0.6 is 0 Å². The first-order valence-corrected chi connectivity index (χ1v) is 6.28. The lowest BCUT2D eigenvalue weighted by Crippen LogP contribution is -2.20. The van der Waals surface area contributed by atoms with Gasteiger partial charge in [0.15, 0.2) is 6.61 Å². The molecule has 0 heterocycles. The molecule has 0 fully saturated rings. The van der Waals surface area contributed by atoms with E-state index in [4.69, 9.17) is 10.00 Å². The second-order valence-electron chi connectivity index (χ2n) is 4.41. The minimum absolute atomic E-state index is 0.217. The third-order valence-corrected chi connectivity index (χ3v) is 2.82. The molecule has 5 heteroatoms. The Labute approximate surface area is 121 Å². The number of ether oxygens (including phenoxy) is 1. The number of nitrogens with zero attached hydrogens (tertiary/aromatic N) is 1. The number of halogens is 1. The fraction of sp³-hybridized carbons (Fsp3) is 0.125. The zero-order valence-corrected chi connectivity index (χ0v) is 11.4. The summed E-state index contributed by atoms with van der Waals surface area (Å²) in [6.07, 6.45) is 0. The molecule has 106 valence electrons. The van der Waals surface area contributed by atoms with Crippen LogP contribution < -0.4 is 10.1 Å². The minimum atomic E-state index is -0.389.